The molecule has 0 aromatic heterocycles. The van der Waals surface area contributed by atoms with Gasteiger partial charge in [-0.2, -0.15) is 4.31 Å². The number of methoxy groups -OCH3 is 1. The topological polar surface area (TPSA) is 70.2 Å². The van der Waals surface area contributed by atoms with Crippen molar-refractivity contribution < 1.29 is 17.9 Å². The van der Waals surface area contributed by atoms with Crippen LogP contribution in [0, 0.1) is 5.92 Å². The zero-order valence-electron chi connectivity index (χ0n) is 20.6. The van der Waals surface area contributed by atoms with Gasteiger partial charge in [0.05, 0.1) is 17.6 Å². The van der Waals surface area contributed by atoms with Crippen molar-refractivity contribution >= 4 is 22.0 Å². The molecule has 0 spiro atoms. The SMILES string of the molecule is COc1ccc(S(=O)(=O)N2CCC(C)CC2)cc1C(=O)N1CCN(C/C=C/c2ccccc2)CC1. The lowest BCUT2D eigenvalue weighted by Gasteiger charge is -2.34. The summed E-state index contributed by atoms with van der Waals surface area (Å²) in [6.45, 7) is 6.69. The minimum absolute atomic E-state index is 0.154. The van der Waals surface area contributed by atoms with Crippen LogP contribution in [0.25, 0.3) is 6.08 Å². The van der Waals surface area contributed by atoms with E-state index in [0.717, 1.165) is 32.5 Å². The molecule has 4 rings (SSSR count). The monoisotopic (exact) mass is 497 g/mol. The maximum absolute atomic E-state index is 13.4. The molecule has 188 valence electrons. The fraction of sp³-hybridized carbons (Fsp3) is 0.444. The van der Waals surface area contributed by atoms with Crippen LogP contribution in [0.5, 0.6) is 5.75 Å². The number of carbonyl (C=O) groups excluding carboxylic acids is 1. The summed E-state index contributed by atoms with van der Waals surface area (Å²) in [5.41, 5.74) is 1.47. The van der Waals surface area contributed by atoms with Crippen molar-refractivity contribution in [2.24, 2.45) is 5.92 Å². The molecule has 2 fully saturated rings. The Morgan fingerprint density at radius 2 is 1.69 bits per heavy atom. The van der Waals surface area contributed by atoms with Crippen molar-refractivity contribution in [1.29, 1.82) is 0 Å². The molecular formula is C27H35N3O4S. The second-order valence-electron chi connectivity index (χ2n) is 9.35. The molecule has 2 aromatic carbocycles. The first-order valence-electron chi connectivity index (χ1n) is 12.3. The molecule has 1 amide bonds. The Hall–Kier alpha value is -2.68. The van der Waals surface area contributed by atoms with Crippen LogP contribution in [-0.2, 0) is 10.0 Å². The molecule has 2 aromatic rings. The van der Waals surface area contributed by atoms with Crippen molar-refractivity contribution in [2.45, 2.75) is 24.7 Å². The quantitative estimate of drug-likeness (QED) is 0.585. The number of ether oxygens (including phenoxy) is 1. The summed E-state index contributed by atoms with van der Waals surface area (Å²) in [6.07, 6.45) is 5.96. The van der Waals surface area contributed by atoms with Gasteiger partial charge in [0, 0.05) is 45.8 Å². The number of piperazine rings is 1. The maximum Gasteiger partial charge on any atom is 0.257 e. The summed E-state index contributed by atoms with van der Waals surface area (Å²) in [5, 5.41) is 0. The van der Waals surface area contributed by atoms with Gasteiger partial charge in [0.15, 0.2) is 0 Å². The van der Waals surface area contributed by atoms with Crippen molar-refractivity contribution in [1.82, 2.24) is 14.1 Å². The third-order valence-corrected chi connectivity index (χ3v) is 8.81. The van der Waals surface area contributed by atoms with Gasteiger partial charge in [-0.25, -0.2) is 8.42 Å². The van der Waals surface area contributed by atoms with Crippen LogP contribution in [0.2, 0.25) is 0 Å². The highest BCUT2D eigenvalue weighted by molar-refractivity contribution is 7.89. The average molecular weight is 498 g/mol. The molecule has 2 aliphatic heterocycles. The van der Waals surface area contributed by atoms with E-state index in [1.165, 1.54) is 23.0 Å². The Balaban J connectivity index is 1.41. The van der Waals surface area contributed by atoms with Crippen molar-refractivity contribution in [3.8, 4) is 5.75 Å². The average Bonchev–Trinajstić information content (AvgIpc) is 2.89. The third kappa shape index (κ3) is 6.12. The Labute approximate surface area is 209 Å². The summed E-state index contributed by atoms with van der Waals surface area (Å²) < 4.78 is 33.4. The highest BCUT2D eigenvalue weighted by atomic mass is 32.2. The van der Waals surface area contributed by atoms with E-state index in [1.54, 1.807) is 17.0 Å². The summed E-state index contributed by atoms with van der Waals surface area (Å²) in [4.78, 5) is 17.6. The van der Waals surface area contributed by atoms with E-state index in [9.17, 15) is 13.2 Å². The molecule has 7 nitrogen and oxygen atoms in total. The van der Waals surface area contributed by atoms with Gasteiger partial charge in [-0.15, -0.1) is 0 Å². The molecule has 0 bridgehead atoms. The summed E-state index contributed by atoms with van der Waals surface area (Å²) in [6, 6.07) is 14.8. The fourth-order valence-corrected chi connectivity index (χ4v) is 6.09. The normalized spacial score (nSPS) is 18.7. The number of rotatable bonds is 7. The molecule has 2 heterocycles. The molecule has 0 saturated carbocycles. The second-order valence-corrected chi connectivity index (χ2v) is 11.3. The summed E-state index contributed by atoms with van der Waals surface area (Å²) >= 11 is 0. The molecular weight excluding hydrogens is 462 g/mol. The van der Waals surface area contributed by atoms with E-state index in [2.05, 4.69) is 36.1 Å². The van der Waals surface area contributed by atoms with E-state index >= 15 is 0 Å². The van der Waals surface area contributed by atoms with Gasteiger partial charge in [-0.3, -0.25) is 9.69 Å². The largest absolute Gasteiger partial charge is 0.496 e. The molecule has 35 heavy (non-hydrogen) atoms. The van der Waals surface area contributed by atoms with Crippen LogP contribution in [-0.4, -0.2) is 81.4 Å². The van der Waals surface area contributed by atoms with Gasteiger partial charge in [-0.1, -0.05) is 49.4 Å². The molecule has 0 N–H and O–H groups in total. The number of piperidine rings is 1. The number of benzene rings is 2. The first-order valence-corrected chi connectivity index (χ1v) is 13.7. The Morgan fingerprint density at radius 1 is 1.00 bits per heavy atom. The van der Waals surface area contributed by atoms with E-state index in [-0.39, 0.29) is 10.8 Å². The van der Waals surface area contributed by atoms with Crippen molar-refractivity contribution in [2.75, 3.05) is 52.9 Å². The predicted molar refractivity (Wildman–Crippen MR) is 138 cm³/mol. The van der Waals surface area contributed by atoms with Gasteiger partial charge < -0.3 is 9.64 Å². The first-order chi connectivity index (χ1) is 16.9. The number of hydrogen-bond donors (Lipinski definition) is 0. The number of amides is 1. The molecule has 0 unspecified atom stereocenters. The lowest BCUT2D eigenvalue weighted by Crippen LogP contribution is -2.48. The van der Waals surface area contributed by atoms with Crippen LogP contribution >= 0.6 is 0 Å². The van der Waals surface area contributed by atoms with Crippen LogP contribution in [0.1, 0.15) is 35.7 Å². The maximum atomic E-state index is 13.4. The molecule has 8 heteroatoms. The van der Waals surface area contributed by atoms with E-state index < -0.39 is 10.0 Å². The van der Waals surface area contributed by atoms with Crippen LogP contribution in [0.4, 0.5) is 0 Å². The van der Waals surface area contributed by atoms with E-state index in [1.807, 2.05) is 18.2 Å². The minimum atomic E-state index is -3.65. The summed E-state index contributed by atoms with van der Waals surface area (Å²) in [7, 11) is -2.14. The zero-order valence-corrected chi connectivity index (χ0v) is 21.4. The third-order valence-electron chi connectivity index (χ3n) is 6.91. The predicted octanol–water partition coefficient (Wildman–Crippen LogP) is 3.59. The van der Waals surface area contributed by atoms with Gasteiger partial charge in [-0.05, 0) is 42.5 Å². The number of carbonyl (C=O) groups is 1. The lowest BCUT2D eigenvalue weighted by molar-refractivity contribution is 0.0647. The second kappa shape index (κ2) is 11.4. The molecule has 2 saturated heterocycles. The van der Waals surface area contributed by atoms with Gasteiger partial charge in [0.25, 0.3) is 5.91 Å². The summed E-state index contributed by atoms with van der Waals surface area (Å²) in [5.74, 6) is 0.738. The molecule has 0 radical (unpaired) electrons. The number of sulfonamides is 1. The van der Waals surface area contributed by atoms with Gasteiger partial charge >= 0.3 is 0 Å². The van der Waals surface area contributed by atoms with Crippen LogP contribution in [0.15, 0.2) is 59.5 Å². The minimum Gasteiger partial charge on any atom is -0.496 e. The molecule has 0 aliphatic carbocycles. The number of hydrogen-bond acceptors (Lipinski definition) is 5. The number of nitrogens with zero attached hydrogens (tertiary/aromatic N) is 3. The molecule has 0 atom stereocenters. The van der Waals surface area contributed by atoms with Crippen molar-refractivity contribution in [3.05, 3.63) is 65.7 Å². The highest BCUT2D eigenvalue weighted by Gasteiger charge is 2.30. The smallest absolute Gasteiger partial charge is 0.257 e. The Morgan fingerprint density at radius 3 is 2.34 bits per heavy atom. The fourth-order valence-electron chi connectivity index (χ4n) is 4.59. The Bertz CT molecular complexity index is 1130. The lowest BCUT2D eigenvalue weighted by atomic mass is 10.0. The highest BCUT2D eigenvalue weighted by Crippen LogP contribution is 2.28. The van der Waals surface area contributed by atoms with Crippen molar-refractivity contribution in [3.63, 3.8) is 0 Å². The van der Waals surface area contributed by atoms with E-state index in [0.29, 0.717) is 43.4 Å². The van der Waals surface area contributed by atoms with Gasteiger partial charge in [0.2, 0.25) is 10.0 Å². The standard InChI is InChI=1S/C27H35N3O4S/c1-22-12-15-30(16-13-22)35(32,33)24-10-11-26(34-2)25(21-24)27(31)29-19-17-28(18-20-29)14-6-9-23-7-4-3-5-8-23/h3-11,21-22H,12-20H2,1-2H3/b9-6+. The Kier molecular flexibility index (Phi) is 8.26. The molecule has 2 aliphatic rings. The first kappa shape index (κ1) is 25.4. The van der Waals surface area contributed by atoms with E-state index in [4.69, 9.17) is 4.74 Å². The van der Waals surface area contributed by atoms with Gasteiger partial charge in [0.1, 0.15) is 5.75 Å². The zero-order chi connectivity index (χ0) is 24.8. The van der Waals surface area contributed by atoms with Crippen LogP contribution in [0.3, 0.4) is 0 Å². The van der Waals surface area contributed by atoms with Crippen LogP contribution < -0.4 is 4.74 Å².